The standard InChI is InChI=1S/C14H14N4O4.2ClH/c15-13(9-1-5-11(6-2-9)17(19)20)14(16)10-3-7-12(8-4-10)18(21)22;;/h1-8,13-14H,15-16H2;2*1H/t13-,14-;;/m0../s1. The van der Waals surface area contributed by atoms with Crippen LogP contribution in [0.15, 0.2) is 48.5 Å². The van der Waals surface area contributed by atoms with Gasteiger partial charge in [0.25, 0.3) is 11.4 Å². The Balaban J connectivity index is 0.00000264. The molecule has 130 valence electrons. The summed E-state index contributed by atoms with van der Waals surface area (Å²) in [5, 5.41) is 21.2. The zero-order chi connectivity index (χ0) is 16.3. The number of hydrogen-bond donors (Lipinski definition) is 2. The smallest absolute Gasteiger partial charge is 0.269 e. The largest absolute Gasteiger partial charge is 0.322 e. The van der Waals surface area contributed by atoms with Crippen molar-refractivity contribution in [3.63, 3.8) is 0 Å². The fraction of sp³-hybridized carbons (Fsp3) is 0.143. The molecule has 0 aliphatic rings. The molecule has 8 nitrogen and oxygen atoms in total. The number of nitro benzene ring substituents is 2. The molecule has 0 spiro atoms. The van der Waals surface area contributed by atoms with Gasteiger partial charge in [0, 0.05) is 36.3 Å². The van der Waals surface area contributed by atoms with E-state index in [4.69, 9.17) is 11.5 Å². The first-order chi connectivity index (χ1) is 10.4. The topological polar surface area (TPSA) is 138 Å². The summed E-state index contributed by atoms with van der Waals surface area (Å²) >= 11 is 0. The van der Waals surface area contributed by atoms with E-state index in [2.05, 4.69) is 0 Å². The lowest BCUT2D eigenvalue weighted by atomic mass is 9.94. The molecule has 0 amide bonds. The number of halogens is 2. The van der Waals surface area contributed by atoms with Gasteiger partial charge in [0.05, 0.1) is 9.85 Å². The van der Waals surface area contributed by atoms with Crippen LogP contribution < -0.4 is 11.5 Å². The minimum Gasteiger partial charge on any atom is -0.322 e. The van der Waals surface area contributed by atoms with Crippen LogP contribution in [0.2, 0.25) is 0 Å². The molecule has 2 aromatic rings. The number of rotatable bonds is 5. The van der Waals surface area contributed by atoms with Crippen molar-refractivity contribution in [1.29, 1.82) is 0 Å². The van der Waals surface area contributed by atoms with Crippen molar-refractivity contribution >= 4 is 36.2 Å². The SMILES string of the molecule is Cl.Cl.N[C@@H](c1ccc([N+](=O)[O-])cc1)[C@@H](N)c1ccc([N+](=O)[O-])cc1. The summed E-state index contributed by atoms with van der Waals surface area (Å²) < 4.78 is 0. The first-order valence-electron chi connectivity index (χ1n) is 6.40. The van der Waals surface area contributed by atoms with Crippen LogP contribution in [-0.2, 0) is 0 Å². The normalized spacial score (nSPS) is 12.2. The van der Waals surface area contributed by atoms with E-state index in [0.717, 1.165) is 0 Å². The molecule has 0 fully saturated rings. The maximum Gasteiger partial charge on any atom is 0.269 e. The molecule has 2 rings (SSSR count). The van der Waals surface area contributed by atoms with E-state index < -0.39 is 21.9 Å². The van der Waals surface area contributed by atoms with Crippen molar-refractivity contribution in [2.75, 3.05) is 0 Å². The van der Waals surface area contributed by atoms with E-state index >= 15 is 0 Å². The summed E-state index contributed by atoms with van der Waals surface area (Å²) in [6, 6.07) is 10.5. The van der Waals surface area contributed by atoms with Gasteiger partial charge in [0.1, 0.15) is 0 Å². The van der Waals surface area contributed by atoms with Gasteiger partial charge in [-0.15, -0.1) is 24.8 Å². The summed E-state index contributed by atoms with van der Waals surface area (Å²) in [6.45, 7) is 0. The number of benzene rings is 2. The van der Waals surface area contributed by atoms with Gasteiger partial charge in [0.15, 0.2) is 0 Å². The molecule has 4 N–H and O–H groups in total. The van der Waals surface area contributed by atoms with Gasteiger partial charge in [-0.25, -0.2) is 0 Å². The van der Waals surface area contributed by atoms with Crippen LogP contribution in [0, 0.1) is 20.2 Å². The minimum atomic E-state index is -0.581. The number of nitrogens with zero attached hydrogens (tertiary/aromatic N) is 2. The minimum absolute atomic E-state index is 0. The van der Waals surface area contributed by atoms with Gasteiger partial charge >= 0.3 is 0 Å². The zero-order valence-corrected chi connectivity index (χ0v) is 13.9. The Morgan fingerprint density at radius 3 is 1.12 bits per heavy atom. The van der Waals surface area contributed by atoms with Gasteiger partial charge in [0.2, 0.25) is 0 Å². The van der Waals surface area contributed by atoms with Crippen molar-refractivity contribution in [2.24, 2.45) is 11.5 Å². The van der Waals surface area contributed by atoms with E-state index in [1.807, 2.05) is 0 Å². The zero-order valence-electron chi connectivity index (χ0n) is 12.3. The quantitative estimate of drug-likeness (QED) is 0.608. The lowest BCUT2D eigenvalue weighted by Gasteiger charge is -2.20. The van der Waals surface area contributed by atoms with E-state index in [-0.39, 0.29) is 36.2 Å². The Hall–Kier alpha value is -2.26. The van der Waals surface area contributed by atoms with Crippen LogP contribution >= 0.6 is 24.8 Å². The average Bonchev–Trinajstić information content (AvgIpc) is 2.53. The van der Waals surface area contributed by atoms with Gasteiger partial charge in [-0.1, -0.05) is 24.3 Å². The molecule has 2 atom stereocenters. The van der Waals surface area contributed by atoms with Gasteiger partial charge < -0.3 is 11.5 Å². The Morgan fingerprint density at radius 1 is 0.667 bits per heavy atom. The Labute approximate surface area is 150 Å². The fourth-order valence-corrected chi connectivity index (χ4v) is 2.05. The summed E-state index contributed by atoms with van der Waals surface area (Å²) in [6.07, 6.45) is 0. The number of hydrogen-bond acceptors (Lipinski definition) is 6. The Morgan fingerprint density at radius 2 is 0.917 bits per heavy atom. The van der Waals surface area contributed by atoms with Crippen molar-refractivity contribution in [3.8, 4) is 0 Å². The second kappa shape index (κ2) is 9.14. The first kappa shape index (κ1) is 21.7. The summed E-state index contributed by atoms with van der Waals surface area (Å²) in [5.74, 6) is 0. The third-order valence-electron chi connectivity index (χ3n) is 3.36. The second-order valence-corrected chi connectivity index (χ2v) is 4.75. The summed E-state index contributed by atoms with van der Waals surface area (Å²) in [4.78, 5) is 20.2. The van der Waals surface area contributed by atoms with Crippen molar-refractivity contribution < 1.29 is 9.85 Å². The average molecular weight is 375 g/mol. The molecule has 0 unspecified atom stereocenters. The van der Waals surface area contributed by atoms with Gasteiger partial charge in [-0.3, -0.25) is 20.2 Å². The fourth-order valence-electron chi connectivity index (χ4n) is 2.05. The summed E-state index contributed by atoms with van der Waals surface area (Å²) in [5.41, 5.74) is 13.4. The van der Waals surface area contributed by atoms with Crippen LogP contribution in [0.5, 0.6) is 0 Å². The highest BCUT2D eigenvalue weighted by atomic mass is 35.5. The van der Waals surface area contributed by atoms with Crippen LogP contribution in [0.25, 0.3) is 0 Å². The molecule has 0 saturated heterocycles. The number of nitro groups is 2. The highest BCUT2D eigenvalue weighted by Gasteiger charge is 2.19. The Kier molecular flexibility index (Phi) is 8.28. The molecule has 0 bridgehead atoms. The van der Waals surface area contributed by atoms with Crippen molar-refractivity contribution in [3.05, 3.63) is 79.9 Å². The molecular weight excluding hydrogens is 359 g/mol. The molecule has 0 heterocycles. The highest BCUT2D eigenvalue weighted by molar-refractivity contribution is 5.85. The maximum atomic E-state index is 10.6. The van der Waals surface area contributed by atoms with Crippen LogP contribution in [0.1, 0.15) is 23.2 Å². The molecule has 0 saturated carbocycles. The number of non-ortho nitro benzene ring substituents is 2. The lowest BCUT2D eigenvalue weighted by Crippen LogP contribution is -2.26. The predicted molar refractivity (Wildman–Crippen MR) is 94.5 cm³/mol. The van der Waals surface area contributed by atoms with Gasteiger partial charge in [-0.05, 0) is 11.1 Å². The lowest BCUT2D eigenvalue weighted by molar-refractivity contribution is -0.385. The third kappa shape index (κ3) is 4.87. The predicted octanol–water partition coefficient (Wildman–Crippen LogP) is 3.05. The molecule has 0 aliphatic carbocycles. The Bertz CT molecular complexity index is 633. The monoisotopic (exact) mass is 374 g/mol. The van der Waals surface area contributed by atoms with E-state index in [9.17, 15) is 20.2 Å². The molecule has 0 aromatic heterocycles. The molecule has 2 aromatic carbocycles. The van der Waals surface area contributed by atoms with Crippen molar-refractivity contribution in [1.82, 2.24) is 0 Å². The molecule has 24 heavy (non-hydrogen) atoms. The first-order valence-corrected chi connectivity index (χ1v) is 6.40. The van der Waals surface area contributed by atoms with E-state index in [1.165, 1.54) is 24.3 Å². The third-order valence-corrected chi connectivity index (χ3v) is 3.36. The van der Waals surface area contributed by atoms with E-state index in [0.29, 0.717) is 11.1 Å². The van der Waals surface area contributed by atoms with Crippen LogP contribution in [-0.4, -0.2) is 9.85 Å². The van der Waals surface area contributed by atoms with E-state index in [1.54, 1.807) is 24.3 Å². The van der Waals surface area contributed by atoms with Crippen LogP contribution in [0.3, 0.4) is 0 Å². The van der Waals surface area contributed by atoms with Gasteiger partial charge in [-0.2, -0.15) is 0 Å². The maximum absolute atomic E-state index is 10.6. The van der Waals surface area contributed by atoms with Crippen LogP contribution in [0.4, 0.5) is 11.4 Å². The van der Waals surface area contributed by atoms with Crippen molar-refractivity contribution in [2.45, 2.75) is 12.1 Å². The molecule has 0 aliphatic heterocycles. The molecule has 10 heteroatoms. The molecule has 0 radical (unpaired) electrons. The number of nitrogens with two attached hydrogens (primary N) is 2. The second-order valence-electron chi connectivity index (χ2n) is 4.75. The highest BCUT2D eigenvalue weighted by Crippen LogP contribution is 2.27. The molecular formula is C14H16Cl2N4O4. The summed E-state index contributed by atoms with van der Waals surface area (Å²) in [7, 11) is 0.